The summed E-state index contributed by atoms with van der Waals surface area (Å²) in [7, 11) is 0. The van der Waals surface area contributed by atoms with E-state index in [1.54, 1.807) is 4.90 Å². The molecule has 0 aromatic rings. The van der Waals surface area contributed by atoms with E-state index in [0.29, 0.717) is 12.5 Å². The van der Waals surface area contributed by atoms with E-state index in [0.717, 1.165) is 0 Å². The van der Waals surface area contributed by atoms with Crippen LogP contribution in [-0.2, 0) is 9.59 Å². The Labute approximate surface area is 96.4 Å². The fourth-order valence-corrected chi connectivity index (χ4v) is 2.78. The van der Waals surface area contributed by atoms with E-state index in [2.05, 4.69) is 33.0 Å². The lowest BCUT2D eigenvalue weighted by atomic mass is 10.0. The van der Waals surface area contributed by atoms with E-state index < -0.39 is 0 Å². The van der Waals surface area contributed by atoms with Gasteiger partial charge in [0.15, 0.2) is 0 Å². The van der Waals surface area contributed by atoms with Crippen molar-refractivity contribution >= 4 is 11.8 Å². The van der Waals surface area contributed by atoms with Crippen molar-refractivity contribution in [3.63, 3.8) is 0 Å². The summed E-state index contributed by atoms with van der Waals surface area (Å²) in [5, 5.41) is 2.57. The number of amides is 2. The van der Waals surface area contributed by atoms with Gasteiger partial charge in [0.05, 0.1) is 13.1 Å². The smallest absolute Gasteiger partial charge is 0.242 e. The van der Waals surface area contributed by atoms with Crippen molar-refractivity contribution in [2.45, 2.75) is 27.7 Å². The third-order valence-corrected chi connectivity index (χ3v) is 4.85. The van der Waals surface area contributed by atoms with Gasteiger partial charge in [-0.25, -0.2) is 0 Å². The first kappa shape index (κ1) is 11.4. The third-order valence-electron chi connectivity index (χ3n) is 4.85. The molecule has 0 bridgehead atoms. The highest BCUT2D eigenvalue weighted by molar-refractivity contribution is 5.92. The van der Waals surface area contributed by atoms with Gasteiger partial charge in [-0.05, 0) is 16.7 Å². The normalized spacial score (nSPS) is 27.9. The molecule has 0 spiro atoms. The summed E-state index contributed by atoms with van der Waals surface area (Å²) >= 11 is 0. The zero-order valence-electron chi connectivity index (χ0n) is 10.5. The van der Waals surface area contributed by atoms with Gasteiger partial charge in [-0.2, -0.15) is 0 Å². The molecule has 2 amide bonds. The second-order valence-electron chi connectivity index (χ2n) is 6.05. The van der Waals surface area contributed by atoms with Gasteiger partial charge in [-0.1, -0.05) is 27.7 Å². The minimum absolute atomic E-state index is 0.0399. The van der Waals surface area contributed by atoms with E-state index in [9.17, 15) is 9.59 Å². The lowest BCUT2D eigenvalue weighted by Crippen LogP contribution is -2.52. The fourth-order valence-electron chi connectivity index (χ4n) is 2.78. The minimum atomic E-state index is -0.0455. The number of piperazine rings is 1. The molecule has 0 atom stereocenters. The Kier molecular flexibility index (Phi) is 2.30. The van der Waals surface area contributed by atoms with Gasteiger partial charge < -0.3 is 10.2 Å². The van der Waals surface area contributed by atoms with Crippen LogP contribution in [0.3, 0.4) is 0 Å². The fraction of sp³-hybridized carbons (Fsp3) is 0.833. The topological polar surface area (TPSA) is 49.4 Å². The molecule has 1 aliphatic carbocycles. The number of nitrogens with one attached hydrogen (secondary N) is 1. The van der Waals surface area contributed by atoms with Crippen molar-refractivity contribution in [3.05, 3.63) is 0 Å². The maximum atomic E-state index is 11.6. The van der Waals surface area contributed by atoms with Crippen LogP contribution in [0.2, 0.25) is 0 Å². The van der Waals surface area contributed by atoms with Gasteiger partial charge in [0.2, 0.25) is 11.8 Å². The summed E-state index contributed by atoms with van der Waals surface area (Å²) < 4.78 is 0. The monoisotopic (exact) mass is 224 g/mol. The molecule has 1 aliphatic heterocycles. The van der Waals surface area contributed by atoms with Crippen LogP contribution in [0, 0.1) is 16.7 Å². The molecule has 2 aliphatic rings. The molecule has 1 N–H and O–H groups in total. The largest absolute Gasteiger partial charge is 0.345 e. The zero-order chi connectivity index (χ0) is 12.1. The van der Waals surface area contributed by atoms with Gasteiger partial charge >= 0.3 is 0 Å². The summed E-state index contributed by atoms with van der Waals surface area (Å²) in [6.07, 6.45) is 0. The quantitative estimate of drug-likeness (QED) is 0.748. The molecular weight excluding hydrogens is 204 g/mol. The summed E-state index contributed by atoms with van der Waals surface area (Å²) in [4.78, 5) is 24.6. The highest BCUT2D eigenvalue weighted by Crippen LogP contribution is 2.68. The van der Waals surface area contributed by atoms with E-state index in [1.165, 1.54) is 0 Å². The van der Waals surface area contributed by atoms with Crippen molar-refractivity contribution in [2.24, 2.45) is 16.7 Å². The lowest BCUT2D eigenvalue weighted by Gasteiger charge is -2.27. The van der Waals surface area contributed by atoms with E-state index in [4.69, 9.17) is 0 Å². The predicted molar refractivity (Wildman–Crippen MR) is 60.6 cm³/mol. The molecule has 2 rings (SSSR count). The first-order valence-corrected chi connectivity index (χ1v) is 5.81. The van der Waals surface area contributed by atoms with Gasteiger partial charge in [0.25, 0.3) is 0 Å². The van der Waals surface area contributed by atoms with Crippen molar-refractivity contribution in [1.82, 2.24) is 10.2 Å². The van der Waals surface area contributed by atoms with E-state index >= 15 is 0 Å². The Hall–Kier alpha value is -1.06. The zero-order valence-corrected chi connectivity index (χ0v) is 10.5. The highest BCUT2D eigenvalue weighted by Gasteiger charge is 2.64. The van der Waals surface area contributed by atoms with Crippen LogP contribution in [0.4, 0.5) is 0 Å². The molecule has 4 nitrogen and oxygen atoms in total. The summed E-state index contributed by atoms with van der Waals surface area (Å²) in [5.41, 5.74) is 0.530. The standard InChI is InChI=1S/C12H20N2O2/c1-11(2)8(12(11,3)4)6-14-7-9(15)13-5-10(14)16/h8H,5-7H2,1-4H3,(H,13,15). The summed E-state index contributed by atoms with van der Waals surface area (Å²) in [5.74, 6) is 0.490. The van der Waals surface area contributed by atoms with Gasteiger partial charge in [-0.3, -0.25) is 9.59 Å². The Morgan fingerprint density at radius 3 is 2.31 bits per heavy atom. The van der Waals surface area contributed by atoms with Crippen LogP contribution in [0.5, 0.6) is 0 Å². The second kappa shape index (κ2) is 3.22. The van der Waals surface area contributed by atoms with Crippen LogP contribution in [-0.4, -0.2) is 36.3 Å². The molecule has 0 aromatic heterocycles. The number of carbonyl (C=O) groups excluding carboxylic acids is 2. The number of rotatable bonds is 2. The molecule has 90 valence electrons. The van der Waals surface area contributed by atoms with Gasteiger partial charge in [0, 0.05) is 6.54 Å². The molecule has 0 radical (unpaired) electrons. The summed E-state index contributed by atoms with van der Waals surface area (Å²) in [6, 6.07) is 0. The lowest BCUT2D eigenvalue weighted by molar-refractivity contribution is -0.140. The maximum Gasteiger partial charge on any atom is 0.242 e. The third kappa shape index (κ3) is 1.51. The SMILES string of the molecule is CC1(C)C(CN2CC(=O)NCC2=O)C1(C)C. The average Bonchev–Trinajstić information content (AvgIpc) is 2.54. The number of nitrogens with zero attached hydrogens (tertiary/aromatic N) is 1. The summed E-state index contributed by atoms with van der Waals surface area (Å²) in [6.45, 7) is 10.0. The van der Waals surface area contributed by atoms with Crippen LogP contribution in [0.15, 0.2) is 0 Å². The van der Waals surface area contributed by atoms with Crippen molar-refractivity contribution in [2.75, 3.05) is 19.6 Å². The molecule has 2 fully saturated rings. The average molecular weight is 224 g/mol. The molecule has 1 saturated carbocycles. The van der Waals surface area contributed by atoms with Gasteiger partial charge in [0.1, 0.15) is 0 Å². The molecule has 1 heterocycles. The van der Waals surface area contributed by atoms with Crippen LogP contribution >= 0.6 is 0 Å². The van der Waals surface area contributed by atoms with Gasteiger partial charge in [-0.15, -0.1) is 0 Å². The molecule has 16 heavy (non-hydrogen) atoms. The Morgan fingerprint density at radius 2 is 1.81 bits per heavy atom. The highest BCUT2D eigenvalue weighted by atomic mass is 16.2. The van der Waals surface area contributed by atoms with E-state index in [-0.39, 0.29) is 35.7 Å². The molecule has 4 heteroatoms. The molecule has 0 aromatic carbocycles. The minimum Gasteiger partial charge on any atom is -0.345 e. The molecular formula is C12H20N2O2. The van der Waals surface area contributed by atoms with Crippen molar-refractivity contribution < 1.29 is 9.59 Å². The Morgan fingerprint density at radius 1 is 1.25 bits per heavy atom. The molecule has 0 unspecified atom stereocenters. The van der Waals surface area contributed by atoms with E-state index in [1.807, 2.05) is 0 Å². The van der Waals surface area contributed by atoms with Crippen LogP contribution < -0.4 is 5.32 Å². The van der Waals surface area contributed by atoms with Crippen molar-refractivity contribution in [3.8, 4) is 0 Å². The van der Waals surface area contributed by atoms with Crippen molar-refractivity contribution in [1.29, 1.82) is 0 Å². The van der Waals surface area contributed by atoms with Crippen LogP contribution in [0.1, 0.15) is 27.7 Å². The number of hydrogen-bond donors (Lipinski definition) is 1. The predicted octanol–water partition coefficient (Wildman–Crippen LogP) is 0.627. The first-order chi connectivity index (χ1) is 7.26. The molecule has 1 saturated heterocycles. The second-order valence-corrected chi connectivity index (χ2v) is 6.05. The Balaban J connectivity index is 2.01. The number of hydrogen-bond acceptors (Lipinski definition) is 2. The maximum absolute atomic E-state index is 11.6. The first-order valence-electron chi connectivity index (χ1n) is 5.81. The number of carbonyl (C=O) groups is 2. The van der Waals surface area contributed by atoms with Crippen LogP contribution in [0.25, 0.3) is 0 Å². The Bertz CT molecular complexity index is 333.